The van der Waals surface area contributed by atoms with Gasteiger partial charge in [0.05, 0.1) is 19.2 Å². The zero-order chi connectivity index (χ0) is 30.1. The van der Waals surface area contributed by atoms with E-state index in [4.69, 9.17) is 22.1 Å². The topological polar surface area (TPSA) is 99.9 Å². The summed E-state index contributed by atoms with van der Waals surface area (Å²) in [6.07, 6.45) is 4.32. The second-order valence-electron chi connectivity index (χ2n) is 10.8. The number of hydrogen-bond donors (Lipinski definition) is 3. The average Bonchev–Trinajstić information content (AvgIpc) is 2.95. The highest BCUT2D eigenvalue weighted by atomic mass is 35.5. The summed E-state index contributed by atoms with van der Waals surface area (Å²) in [5, 5.41) is 6.48. The normalized spacial score (nSPS) is 17.6. The van der Waals surface area contributed by atoms with Gasteiger partial charge in [-0.15, -0.1) is 0 Å². The highest BCUT2D eigenvalue weighted by Crippen LogP contribution is 2.34. The Morgan fingerprint density at radius 3 is 2.37 bits per heavy atom. The zero-order valence-electron chi connectivity index (χ0n) is 25.4. The van der Waals surface area contributed by atoms with Crippen molar-refractivity contribution in [3.63, 3.8) is 0 Å². The van der Waals surface area contributed by atoms with Gasteiger partial charge in [0.25, 0.3) is 5.91 Å². The number of carbonyl (C=O) groups is 2. The summed E-state index contributed by atoms with van der Waals surface area (Å²) < 4.78 is 5.39. The zero-order valence-corrected chi connectivity index (χ0v) is 26.1. The van der Waals surface area contributed by atoms with Crippen LogP contribution in [0.5, 0.6) is 5.75 Å². The number of hydrogen-bond acceptors (Lipinski definition) is 6. The second kappa shape index (κ2) is 15.1. The van der Waals surface area contributed by atoms with E-state index in [0.717, 1.165) is 55.8 Å². The first kappa shape index (κ1) is 32.3. The Bertz CT molecular complexity index is 1240. The molecule has 0 unspecified atom stereocenters. The Kier molecular flexibility index (Phi) is 11.9. The molecule has 2 amide bonds. The maximum atomic E-state index is 13.3. The first-order valence-electron chi connectivity index (χ1n) is 14.5. The number of amides is 2. The molecule has 1 aliphatic rings. The quantitative estimate of drug-likeness (QED) is 0.286. The van der Waals surface area contributed by atoms with E-state index >= 15 is 0 Å². The van der Waals surface area contributed by atoms with Crippen molar-refractivity contribution < 1.29 is 14.3 Å². The minimum absolute atomic E-state index is 0.0407. The van der Waals surface area contributed by atoms with E-state index < -0.39 is 5.91 Å². The number of rotatable bonds is 13. The number of nitrogens with one attached hydrogen (secondary N) is 2. The molecule has 3 rings (SSSR count). The van der Waals surface area contributed by atoms with Gasteiger partial charge in [0.1, 0.15) is 5.75 Å². The van der Waals surface area contributed by atoms with Gasteiger partial charge in [-0.3, -0.25) is 14.5 Å². The highest BCUT2D eigenvalue weighted by molar-refractivity contribution is 6.31. The number of nitrogens with two attached hydrogens (primary N) is 1. The molecular weight excluding hydrogens is 538 g/mol. The second-order valence-corrected chi connectivity index (χ2v) is 11.2. The lowest BCUT2D eigenvalue weighted by Gasteiger charge is -2.41. The fraction of sp³-hybridized carbons (Fsp3) is 0.500. The third kappa shape index (κ3) is 8.39. The molecule has 41 heavy (non-hydrogen) atoms. The lowest BCUT2D eigenvalue weighted by Crippen LogP contribution is -2.43. The molecule has 0 radical (unpaired) electrons. The van der Waals surface area contributed by atoms with E-state index in [2.05, 4.69) is 46.5 Å². The summed E-state index contributed by atoms with van der Waals surface area (Å²) in [6.45, 7) is 10.2. The van der Waals surface area contributed by atoms with Crippen LogP contribution >= 0.6 is 11.6 Å². The summed E-state index contributed by atoms with van der Waals surface area (Å²) >= 11 is 6.56. The van der Waals surface area contributed by atoms with E-state index in [1.165, 1.54) is 5.56 Å². The number of methoxy groups -OCH3 is 1. The van der Waals surface area contributed by atoms with Crippen molar-refractivity contribution in [1.82, 2.24) is 15.5 Å². The molecule has 1 fully saturated rings. The van der Waals surface area contributed by atoms with Crippen molar-refractivity contribution in [2.45, 2.75) is 72.0 Å². The minimum Gasteiger partial charge on any atom is -0.497 e. The summed E-state index contributed by atoms with van der Waals surface area (Å²) in [6, 6.07) is 12.8. The maximum Gasteiger partial charge on any atom is 0.251 e. The summed E-state index contributed by atoms with van der Waals surface area (Å²) in [7, 11) is 3.90. The van der Waals surface area contributed by atoms with E-state index in [9.17, 15) is 9.59 Å². The first-order valence-corrected chi connectivity index (χ1v) is 14.9. The molecule has 8 nitrogen and oxygen atoms in total. The Morgan fingerprint density at radius 1 is 1.07 bits per heavy atom. The van der Waals surface area contributed by atoms with Gasteiger partial charge in [0.15, 0.2) is 0 Å². The largest absolute Gasteiger partial charge is 0.497 e. The standard InChI is InChI=1S/C32H46ClN5O3/c1-7-35-22(4)29(31(34)39)19-36-32(40)28-17-24(33)18-30(21(28)3)38(8-2)26-14-12-25(13-15-26)37(5)20-23-10-9-11-27(16-23)41-6/h9-11,16-18,25-26,35H,7-8,12-15,19-20H2,1-6H3,(H2,34,39)(H,36,40)/b29-22-. The minimum atomic E-state index is -0.561. The van der Waals surface area contributed by atoms with Gasteiger partial charge in [0.2, 0.25) is 5.91 Å². The molecule has 0 saturated heterocycles. The molecule has 0 heterocycles. The first-order chi connectivity index (χ1) is 19.6. The Balaban J connectivity index is 1.70. The fourth-order valence-corrected chi connectivity index (χ4v) is 6.08. The van der Waals surface area contributed by atoms with Gasteiger partial charge in [0, 0.05) is 53.7 Å². The molecule has 0 bridgehead atoms. The molecule has 2 aromatic carbocycles. The summed E-state index contributed by atoms with van der Waals surface area (Å²) in [5.41, 5.74) is 10.2. The number of allylic oxidation sites excluding steroid dienone is 1. The van der Waals surface area contributed by atoms with Crippen molar-refractivity contribution in [2.24, 2.45) is 5.73 Å². The number of primary amides is 1. The van der Waals surface area contributed by atoms with E-state index in [0.29, 0.717) is 40.5 Å². The Morgan fingerprint density at radius 2 is 1.76 bits per heavy atom. The number of ether oxygens (including phenoxy) is 1. The van der Waals surface area contributed by atoms with Gasteiger partial charge in [-0.25, -0.2) is 0 Å². The number of nitrogens with zero attached hydrogens (tertiary/aromatic N) is 2. The number of benzene rings is 2. The monoisotopic (exact) mass is 583 g/mol. The van der Waals surface area contributed by atoms with Crippen LogP contribution in [0.1, 0.15) is 67.9 Å². The third-order valence-electron chi connectivity index (χ3n) is 8.15. The summed E-state index contributed by atoms with van der Waals surface area (Å²) in [5.74, 6) is 0.0407. The number of anilines is 1. The summed E-state index contributed by atoms with van der Waals surface area (Å²) in [4.78, 5) is 30.1. The molecule has 4 N–H and O–H groups in total. The van der Waals surface area contributed by atoms with E-state index in [1.807, 2.05) is 32.0 Å². The van der Waals surface area contributed by atoms with Crippen LogP contribution in [-0.4, -0.2) is 62.6 Å². The Hall–Kier alpha value is -3.23. The van der Waals surface area contributed by atoms with Crippen molar-refractivity contribution in [3.8, 4) is 5.75 Å². The number of carbonyl (C=O) groups excluding carboxylic acids is 2. The molecule has 0 aliphatic heterocycles. The van der Waals surface area contributed by atoms with Crippen LogP contribution in [0.25, 0.3) is 0 Å². The predicted octanol–water partition coefficient (Wildman–Crippen LogP) is 5.03. The molecule has 1 saturated carbocycles. The lowest BCUT2D eigenvalue weighted by atomic mass is 9.88. The van der Waals surface area contributed by atoms with Crippen molar-refractivity contribution in [3.05, 3.63) is 69.4 Å². The van der Waals surface area contributed by atoms with Crippen LogP contribution in [0.4, 0.5) is 5.69 Å². The predicted molar refractivity (Wildman–Crippen MR) is 168 cm³/mol. The van der Waals surface area contributed by atoms with Gasteiger partial charge < -0.3 is 26.0 Å². The van der Waals surface area contributed by atoms with Gasteiger partial charge >= 0.3 is 0 Å². The molecule has 1 aliphatic carbocycles. The molecule has 0 atom stereocenters. The van der Waals surface area contributed by atoms with Crippen LogP contribution in [0.15, 0.2) is 47.7 Å². The Labute approximate surface area is 250 Å². The highest BCUT2D eigenvalue weighted by Gasteiger charge is 2.29. The van der Waals surface area contributed by atoms with Crippen LogP contribution in [0.2, 0.25) is 5.02 Å². The van der Waals surface area contributed by atoms with Crippen LogP contribution in [0.3, 0.4) is 0 Å². The molecular formula is C32H46ClN5O3. The smallest absolute Gasteiger partial charge is 0.251 e. The van der Waals surface area contributed by atoms with Crippen LogP contribution in [0, 0.1) is 6.92 Å². The van der Waals surface area contributed by atoms with Crippen molar-refractivity contribution in [1.29, 1.82) is 0 Å². The van der Waals surface area contributed by atoms with Crippen molar-refractivity contribution in [2.75, 3.05) is 38.7 Å². The number of halogens is 1. The molecule has 2 aromatic rings. The fourth-order valence-electron chi connectivity index (χ4n) is 5.86. The molecule has 224 valence electrons. The van der Waals surface area contributed by atoms with Crippen molar-refractivity contribution >= 4 is 29.1 Å². The maximum absolute atomic E-state index is 13.3. The lowest BCUT2D eigenvalue weighted by molar-refractivity contribution is -0.114. The molecule has 0 spiro atoms. The van der Waals surface area contributed by atoms with E-state index in [-0.39, 0.29) is 12.5 Å². The van der Waals surface area contributed by atoms with Gasteiger partial charge in [-0.1, -0.05) is 23.7 Å². The molecule has 0 aromatic heterocycles. The third-order valence-corrected chi connectivity index (χ3v) is 8.37. The van der Waals surface area contributed by atoms with E-state index in [1.54, 1.807) is 20.1 Å². The van der Waals surface area contributed by atoms with Gasteiger partial charge in [-0.2, -0.15) is 0 Å². The average molecular weight is 584 g/mol. The van der Waals surface area contributed by atoms with Crippen LogP contribution in [-0.2, 0) is 11.3 Å². The van der Waals surface area contributed by atoms with Gasteiger partial charge in [-0.05, 0) is 95.8 Å². The van der Waals surface area contributed by atoms with Crippen LogP contribution < -0.4 is 26.0 Å². The molecule has 9 heteroatoms. The SMILES string of the molecule is CCN/C(C)=C(/CNC(=O)c1cc(Cl)cc(N(CC)C2CCC(N(C)Cc3cccc(OC)c3)CC2)c1C)C(N)=O.